The smallest absolute Gasteiger partial charge is 0.239 e. The molecular weight excluding hydrogens is 252 g/mol. The van der Waals surface area contributed by atoms with Crippen molar-refractivity contribution in [3.8, 4) is 0 Å². The molecule has 2 heterocycles. The molecule has 20 heavy (non-hydrogen) atoms. The van der Waals surface area contributed by atoms with E-state index in [0.29, 0.717) is 18.3 Å². The fourth-order valence-electron chi connectivity index (χ4n) is 2.61. The Kier molecular flexibility index (Phi) is 4.60. The molecule has 1 fully saturated rings. The third-order valence-corrected chi connectivity index (χ3v) is 3.76. The van der Waals surface area contributed by atoms with Crippen LogP contribution in [-0.2, 0) is 11.3 Å². The molecule has 1 aliphatic heterocycles. The van der Waals surface area contributed by atoms with Crippen LogP contribution >= 0.6 is 0 Å². The summed E-state index contributed by atoms with van der Waals surface area (Å²) >= 11 is 0. The minimum absolute atomic E-state index is 0.0953. The Morgan fingerprint density at radius 2 is 2.20 bits per heavy atom. The monoisotopic (exact) mass is 276 g/mol. The van der Waals surface area contributed by atoms with E-state index in [4.69, 9.17) is 5.73 Å². The number of hydrogen-bond donors (Lipinski definition) is 1. The van der Waals surface area contributed by atoms with Gasteiger partial charge >= 0.3 is 0 Å². The molecule has 0 aliphatic carbocycles. The maximum Gasteiger partial charge on any atom is 0.239 e. The van der Waals surface area contributed by atoms with Gasteiger partial charge in [-0.25, -0.2) is 4.98 Å². The van der Waals surface area contributed by atoms with Crippen LogP contribution in [-0.4, -0.2) is 46.4 Å². The Labute approximate surface area is 120 Å². The molecule has 1 aliphatic rings. The van der Waals surface area contributed by atoms with Crippen molar-refractivity contribution in [1.29, 1.82) is 0 Å². The molecule has 2 rings (SSSR count). The molecule has 0 saturated carbocycles. The van der Waals surface area contributed by atoms with Gasteiger partial charge in [0.25, 0.3) is 0 Å². The van der Waals surface area contributed by atoms with Gasteiger partial charge in [-0.1, -0.05) is 19.9 Å². The van der Waals surface area contributed by atoms with Gasteiger partial charge in [-0.05, 0) is 18.9 Å². The lowest BCUT2D eigenvalue weighted by Gasteiger charge is -2.39. The van der Waals surface area contributed by atoms with Gasteiger partial charge in [-0.3, -0.25) is 9.69 Å². The van der Waals surface area contributed by atoms with Crippen molar-refractivity contribution < 1.29 is 4.79 Å². The van der Waals surface area contributed by atoms with Gasteiger partial charge in [0.15, 0.2) is 0 Å². The summed E-state index contributed by atoms with van der Waals surface area (Å²) in [4.78, 5) is 20.6. The highest BCUT2D eigenvalue weighted by Crippen LogP contribution is 2.18. The molecule has 5 nitrogen and oxygen atoms in total. The number of rotatable bonds is 4. The minimum Gasteiger partial charge on any atom is -0.383 e. The van der Waals surface area contributed by atoms with Crippen molar-refractivity contribution >= 4 is 11.7 Å². The quantitative estimate of drug-likeness (QED) is 0.902. The molecule has 0 bridgehead atoms. The van der Waals surface area contributed by atoms with Crippen molar-refractivity contribution in [2.75, 3.05) is 25.4 Å². The van der Waals surface area contributed by atoms with E-state index in [1.165, 1.54) is 0 Å². The fourth-order valence-corrected chi connectivity index (χ4v) is 2.61. The summed E-state index contributed by atoms with van der Waals surface area (Å²) in [6, 6.07) is 3.76. The second-order valence-corrected chi connectivity index (χ2v) is 5.87. The molecule has 0 aromatic carbocycles. The van der Waals surface area contributed by atoms with Crippen molar-refractivity contribution in [2.24, 2.45) is 5.92 Å². The first-order valence-corrected chi connectivity index (χ1v) is 7.21. The first kappa shape index (κ1) is 14.8. The Morgan fingerprint density at radius 1 is 1.45 bits per heavy atom. The van der Waals surface area contributed by atoms with E-state index in [9.17, 15) is 4.79 Å². The van der Waals surface area contributed by atoms with E-state index in [-0.39, 0.29) is 11.9 Å². The predicted octanol–water partition coefficient (Wildman–Crippen LogP) is 1.35. The highest BCUT2D eigenvalue weighted by molar-refractivity contribution is 5.82. The number of amides is 1. The first-order valence-electron chi connectivity index (χ1n) is 7.21. The fraction of sp³-hybridized carbons (Fsp3) is 0.600. The molecule has 0 radical (unpaired) electrons. The zero-order valence-corrected chi connectivity index (χ0v) is 12.5. The van der Waals surface area contributed by atoms with Crippen LogP contribution in [0.4, 0.5) is 5.82 Å². The average molecular weight is 276 g/mol. The van der Waals surface area contributed by atoms with Crippen molar-refractivity contribution in [3.05, 3.63) is 23.9 Å². The zero-order chi connectivity index (χ0) is 14.7. The van der Waals surface area contributed by atoms with Crippen LogP contribution in [0.3, 0.4) is 0 Å². The summed E-state index contributed by atoms with van der Waals surface area (Å²) in [5.41, 5.74) is 6.87. The van der Waals surface area contributed by atoms with Gasteiger partial charge < -0.3 is 10.6 Å². The topological polar surface area (TPSA) is 62.5 Å². The summed E-state index contributed by atoms with van der Waals surface area (Å²) in [5, 5.41) is 0. The number of carbonyl (C=O) groups is 1. The van der Waals surface area contributed by atoms with Crippen molar-refractivity contribution in [1.82, 2.24) is 14.8 Å². The number of aromatic nitrogens is 1. The van der Waals surface area contributed by atoms with E-state index in [1.54, 1.807) is 6.20 Å². The number of nitrogens with two attached hydrogens (primary N) is 1. The van der Waals surface area contributed by atoms with Gasteiger partial charge in [0.05, 0.1) is 6.04 Å². The molecular formula is C15H24N4O. The first-order chi connectivity index (χ1) is 9.49. The second-order valence-electron chi connectivity index (χ2n) is 5.87. The lowest BCUT2D eigenvalue weighted by Crippen LogP contribution is -2.56. The summed E-state index contributed by atoms with van der Waals surface area (Å²) in [6.45, 7) is 9.45. The van der Waals surface area contributed by atoms with Crippen LogP contribution < -0.4 is 5.73 Å². The molecule has 1 amide bonds. The van der Waals surface area contributed by atoms with E-state index < -0.39 is 0 Å². The maximum absolute atomic E-state index is 12.4. The molecule has 1 unspecified atom stereocenters. The normalized spacial score (nSPS) is 20.7. The van der Waals surface area contributed by atoms with E-state index in [0.717, 1.165) is 25.2 Å². The van der Waals surface area contributed by atoms with Crippen LogP contribution in [0, 0.1) is 5.92 Å². The molecule has 0 spiro atoms. The van der Waals surface area contributed by atoms with Gasteiger partial charge in [-0.15, -0.1) is 0 Å². The number of hydrogen-bond acceptors (Lipinski definition) is 4. The molecule has 1 atom stereocenters. The Hall–Kier alpha value is -1.62. The minimum atomic E-state index is -0.0953. The average Bonchev–Trinajstić information content (AvgIpc) is 2.40. The molecule has 5 heteroatoms. The van der Waals surface area contributed by atoms with Gasteiger partial charge in [-0.2, -0.15) is 0 Å². The number of nitrogens with zero attached hydrogens (tertiary/aromatic N) is 3. The van der Waals surface area contributed by atoms with Gasteiger partial charge in [0, 0.05) is 37.9 Å². The highest BCUT2D eigenvalue weighted by Gasteiger charge is 2.31. The third-order valence-electron chi connectivity index (χ3n) is 3.76. The number of pyridine rings is 1. The summed E-state index contributed by atoms with van der Waals surface area (Å²) in [7, 11) is 0. The van der Waals surface area contributed by atoms with E-state index >= 15 is 0 Å². The van der Waals surface area contributed by atoms with Gasteiger partial charge in [0.2, 0.25) is 5.91 Å². The largest absolute Gasteiger partial charge is 0.383 e. The van der Waals surface area contributed by atoms with Crippen molar-refractivity contribution in [2.45, 2.75) is 33.4 Å². The van der Waals surface area contributed by atoms with E-state index in [2.05, 4.69) is 23.7 Å². The van der Waals surface area contributed by atoms with Crippen LogP contribution in [0.25, 0.3) is 0 Å². The molecule has 1 aromatic rings. The lowest BCUT2D eigenvalue weighted by molar-refractivity contribution is -0.141. The predicted molar refractivity (Wildman–Crippen MR) is 79.9 cm³/mol. The SMILES string of the molecule is CC(C)CN1CCN(Cc2cccnc2N)C(C)C1=O. The number of carbonyl (C=O) groups excluding carboxylic acids is 1. The van der Waals surface area contributed by atoms with Crippen molar-refractivity contribution in [3.63, 3.8) is 0 Å². The van der Waals surface area contributed by atoms with Crippen LogP contribution in [0.1, 0.15) is 26.3 Å². The Balaban J connectivity index is 2.02. The van der Waals surface area contributed by atoms with Crippen LogP contribution in [0.15, 0.2) is 18.3 Å². The second kappa shape index (κ2) is 6.22. The molecule has 1 aromatic heterocycles. The Bertz CT molecular complexity index is 475. The van der Waals surface area contributed by atoms with Gasteiger partial charge in [0.1, 0.15) is 5.82 Å². The standard InChI is InChI=1S/C15H24N4O/c1-11(2)9-19-8-7-18(12(3)15(19)20)10-13-5-4-6-17-14(13)16/h4-6,11-12H,7-10H2,1-3H3,(H2,16,17). The third kappa shape index (κ3) is 3.28. The zero-order valence-electron chi connectivity index (χ0n) is 12.5. The van der Waals surface area contributed by atoms with Crippen LogP contribution in [0.2, 0.25) is 0 Å². The molecule has 2 N–H and O–H groups in total. The maximum atomic E-state index is 12.4. The highest BCUT2D eigenvalue weighted by atomic mass is 16.2. The summed E-state index contributed by atoms with van der Waals surface area (Å²) in [6.07, 6.45) is 1.69. The number of nitrogen functional groups attached to an aromatic ring is 1. The number of piperazine rings is 1. The summed E-state index contributed by atoms with van der Waals surface area (Å²) in [5.74, 6) is 1.27. The van der Waals surface area contributed by atoms with E-state index in [1.807, 2.05) is 24.0 Å². The lowest BCUT2D eigenvalue weighted by atomic mass is 10.1. The van der Waals surface area contributed by atoms with Crippen LogP contribution in [0.5, 0.6) is 0 Å². The molecule has 1 saturated heterocycles. The molecule has 110 valence electrons. The summed E-state index contributed by atoms with van der Waals surface area (Å²) < 4.78 is 0. The number of anilines is 1. The Morgan fingerprint density at radius 3 is 2.85 bits per heavy atom.